The van der Waals surface area contributed by atoms with Crippen LogP contribution in [0.4, 0.5) is 0 Å². The predicted octanol–water partition coefficient (Wildman–Crippen LogP) is 5.04. The molecule has 0 aliphatic rings. The molecule has 1 amide bonds. The van der Waals surface area contributed by atoms with Crippen LogP contribution in [0.1, 0.15) is 55.0 Å². The molecule has 25 heavy (non-hydrogen) atoms. The standard InChI is InChI=1S/C22H29NO2/c1-6-20(18-11-8-15(3)9-12-18)23-22(24)21(7-2)25-19-13-10-16(4)17(5)14-19/h8-14,20-21H,6-7H2,1-5H3,(H,23,24)/t20-,21-/m1/s1. The Kier molecular flexibility index (Phi) is 6.63. The first-order valence-corrected chi connectivity index (χ1v) is 9.05. The minimum atomic E-state index is -0.485. The number of carbonyl (C=O) groups is 1. The van der Waals surface area contributed by atoms with Gasteiger partial charge in [-0.2, -0.15) is 0 Å². The molecule has 0 radical (unpaired) electrons. The summed E-state index contributed by atoms with van der Waals surface area (Å²) in [4.78, 5) is 12.7. The van der Waals surface area contributed by atoms with Crippen LogP contribution in [-0.4, -0.2) is 12.0 Å². The van der Waals surface area contributed by atoms with Gasteiger partial charge in [-0.1, -0.05) is 49.7 Å². The van der Waals surface area contributed by atoms with Gasteiger partial charge in [0.05, 0.1) is 6.04 Å². The molecule has 3 nitrogen and oxygen atoms in total. The lowest BCUT2D eigenvalue weighted by molar-refractivity contribution is -0.128. The minimum absolute atomic E-state index is 0.00510. The van der Waals surface area contributed by atoms with Crippen LogP contribution in [0.3, 0.4) is 0 Å². The molecule has 2 rings (SSSR count). The van der Waals surface area contributed by atoms with Crippen molar-refractivity contribution < 1.29 is 9.53 Å². The van der Waals surface area contributed by atoms with Crippen molar-refractivity contribution in [3.8, 4) is 5.75 Å². The van der Waals surface area contributed by atoms with E-state index >= 15 is 0 Å². The Morgan fingerprint density at radius 3 is 2.20 bits per heavy atom. The van der Waals surface area contributed by atoms with Gasteiger partial charge in [-0.05, 0) is 62.4 Å². The summed E-state index contributed by atoms with van der Waals surface area (Å²) in [5, 5.41) is 3.14. The van der Waals surface area contributed by atoms with Crippen LogP contribution in [0, 0.1) is 20.8 Å². The maximum absolute atomic E-state index is 12.7. The second-order valence-electron chi connectivity index (χ2n) is 6.64. The first kappa shape index (κ1) is 19.0. The van der Waals surface area contributed by atoms with Gasteiger partial charge < -0.3 is 10.1 Å². The minimum Gasteiger partial charge on any atom is -0.481 e. The smallest absolute Gasteiger partial charge is 0.261 e. The predicted molar refractivity (Wildman–Crippen MR) is 103 cm³/mol. The van der Waals surface area contributed by atoms with Crippen molar-refractivity contribution >= 4 is 5.91 Å². The van der Waals surface area contributed by atoms with E-state index in [1.165, 1.54) is 16.7 Å². The number of nitrogens with one attached hydrogen (secondary N) is 1. The fourth-order valence-electron chi connectivity index (χ4n) is 2.76. The summed E-state index contributed by atoms with van der Waals surface area (Å²) in [5.41, 5.74) is 4.73. The molecule has 0 bridgehead atoms. The van der Waals surface area contributed by atoms with Crippen LogP contribution in [0.15, 0.2) is 42.5 Å². The number of benzene rings is 2. The van der Waals surface area contributed by atoms with Crippen LogP contribution < -0.4 is 10.1 Å². The van der Waals surface area contributed by atoms with Crippen molar-refractivity contribution in [1.82, 2.24) is 5.32 Å². The molecule has 0 unspecified atom stereocenters. The van der Waals surface area contributed by atoms with Crippen LogP contribution >= 0.6 is 0 Å². The van der Waals surface area contributed by atoms with Crippen molar-refractivity contribution in [3.63, 3.8) is 0 Å². The highest BCUT2D eigenvalue weighted by Crippen LogP contribution is 2.21. The highest BCUT2D eigenvalue weighted by atomic mass is 16.5. The lowest BCUT2D eigenvalue weighted by Gasteiger charge is -2.23. The van der Waals surface area contributed by atoms with Crippen molar-refractivity contribution in [2.45, 2.75) is 59.6 Å². The summed E-state index contributed by atoms with van der Waals surface area (Å²) < 4.78 is 5.95. The third kappa shape index (κ3) is 5.09. The van der Waals surface area contributed by atoms with Gasteiger partial charge in [0.25, 0.3) is 5.91 Å². The average Bonchev–Trinajstić information content (AvgIpc) is 2.61. The van der Waals surface area contributed by atoms with Crippen LogP contribution in [0.5, 0.6) is 5.75 Å². The molecular formula is C22H29NO2. The first-order chi connectivity index (χ1) is 11.9. The molecule has 0 aliphatic carbocycles. The fourth-order valence-corrected chi connectivity index (χ4v) is 2.76. The quantitative estimate of drug-likeness (QED) is 0.768. The summed E-state index contributed by atoms with van der Waals surface area (Å²) >= 11 is 0. The van der Waals surface area contributed by atoms with E-state index in [2.05, 4.69) is 50.4 Å². The zero-order valence-electron chi connectivity index (χ0n) is 15.9. The largest absolute Gasteiger partial charge is 0.481 e. The molecule has 0 saturated carbocycles. The molecule has 2 atom stereocenters. The Labute approximate surface area is 151 Å². The van der Waals surface area contributed by atoms with Gasteiger partial charge in [0.1, 0.15) is 5.75 Å². The number of ether oxygens (including phenoxy) is 1. The number of hydrogen-bond acceptors (Lipinski definition) is 2. The normalized spacial score (nSPS) is 13.2. The molecule has 0 fully saturated rings. The van der Waals surface area contributed by atoms with Crippen molar-refractivity contribution in [3.05, 3.63) is 64.7 Å². The first-order valence-electron chi connectivity index (χ1n) is 9.05. The number of rotatable bonds is 7. The second-order valence-corrected chi connectivity index (χ2v) is 6.64. The van der Waals surface area contributed by atoms with E-state index in [9.17, 15) is 4.79 Å². The Bertz CT molecular complexity index is 706. The van der Waals surface area contributed by atoms with Gasteiger partial charge in [0, 0.05) is 0 Å². The lowest BCUT2D eigenvalue weighted by Crippen LogP contribution is -2.39. The highest BCUT2D eigenvalue weighted by molar-refractivity contribution is 5.81. The molecule has 0 spiro atoms. The van der Waals surface area contributed by atoms with Crippen LogP contribution in [-0.2, 0) is 4.79 Å². The van der Waals surface area contributed by atoms with E-state index < -0.39 is 6.10 Å². The fraction of sp³-hybridized carbons (Fsp3) is 0.409. The average molecular weight is 339 g/mol. The third-order valence-electron chi connectivity index (χ3n) is 4.62. The molecule has 0 aliphatic heterocycles. The van der Waals surface area contributed by atoms with E-state index in [1.54, 1.807) is 0 Å². The van der Waals surface area contributed by atoms with Gasteiger partial charge in [0.15, 0.2) is 6.10 Å². The molecule has 134 valence electrons. The maximum Gasteiger partial charge on any atom is 0.261 e. The summed E-state index contributed by atoms with van der Waals surface area (Å²) in [6, 6.07) is 14.3. The van der Waals surface area contributed by atoms with E-state index in [0.717, 1.165) is 17.7 Å². The summed E-state index contributed by atoms with van der Waals surface area (Å²) in [6.45, 7) is 10.2. The molecular weight excluding hydrogens is 310 g/mol. The van der Waals surface area contributed by atoms with Gasteiger partial charge >= 0.3 is 0 Å². The summed E-state index contributed by atoms with van der Waals surface area (Å²) in [5.74, 6) is 0.682. The second kappa shape index (κ2) is 8.70. The number of carbonyl (C=O) groups excluding carboxylic acids is 1. The van der Waals surface area contributed by atoms with E-state index in [0.29, 0.717) is 6.42 Å². The zero-order chi connectivity index (χ0) is 18.4. The molecule has 0 heterocycles. The van der Waals surface area contributed by atoms with Crippen LogP contribution in [0.25, 0.3) is 0 Å². The maximum atomic E-state index is 12.7. The topological polar surface area (TPSA) is 38.3 Å². The Morgan fingerprint density at radius 2 is 1.64 bits per heavy atom. The Hall–Kier alpha value is -2.29. The highest BCUT2D eigenvalue weighted by Gasteiger charge is 2.22. The molecule has 1 N–H and O–H groups in total. The summed E-state index contributed by atoms with van der Waals surface area (Å²) in [7, 11) is 0. The number of hydrogen-bond donors (Lipinski definition) is 1. The van der Waals surface area contributed by atoms with E-state index in [-0.39, 0.29) is 11.9 Å². The molecule has 3 heteroatoms. The van der Waals surface area contributed by atoms with Crippen molar-refractivity contribution in [2.75, 3.05) is 0 Å². The van der Waals surface area contributed by atoms with Gasteiger partial charge in [-0.15, -0.1) is 0 Å². The van der Waals surface area contributed by atoms with Crippen molar-refractivity contribution in [1.29, 1.82) is 0 Å². The zero-order valence-corrected chi connectivity index (χ0v) is 15.9. The lowest BCUT2D eigenvalue weighted by atomic mass is 10.0. The Morgan fingerprint density at radius 1 is 0.960 bits per heavy atom. The van der Waals surface area contributed by atoms with Gasteiger partial charge in [-0.3, -0.25) is 4.79 Å². The molecule has 0 aromatic heterocycles. The third-order valence-corrected chi connectivity index (χ3v) is 4.62. The molecule has 0 saturated heterocycles. The Balaban J connectivity index is 2.07. The SMILES string of the molecule is CC[C@@H](Oc1ccc(C)c(C)c1)C(=O)N[C@H](CC)c1ccc(C)cc1. The molecule has 2 aromatic carbocycles. The monoisotopic (exact) mass is 339 g/mol. The van der Waals surface area contributed by atoms with Gasteiger partial charge in [0.2, 0.25) is 0 Å². The van der Waals surface area contributed by atoms with Crippen LogP contribution in [0.2, 0.25) is 0 Å². The van der Waals surface area contributed by atoms with Crippen molar-refractivity contribution in [2.24, 2.45) is 0 Å². The van der Waals surface area contributed by atoms with E-state index in [1.807, 2.05) is 32.0 Å². The number of aryl methyl sites for hydroxylation is 3. The van der Waals surface area contributed by atoms with Gasteiger partial charge in [-0.25, -0.2) is 0 Å². The number of amides is 1. The molecule has 2 aromatic rings. The summed E-state index contributed by atoms with van der Waals surface area (Å²) in [6.07, 6.45) is 0.986. The van der Waals surface area contributed by atoms with E-state index in [4.69, 9.17) is 4.74 Å².